The Hall–Kier alpha value is -3.67. The molecule has 1 aromatic rings. The minimum absolute atomic E-state index is 0.0185. The number of carboxylic acid groups (broad SMARTS) is 2. The Morgan fingerprint density at radius 1 is 0.800 bits per heavy atom. The predicted octanol–water partition coefficient (Wildman–Crippen LogP) is -0.412. The summed E-state index contributed by atoms with van der Waals surface area (Å²) in [4.78, 5) is 61.0. The highest BCUT2D eigenvalue weighted by Crippen LogP contribution is 2.12. The Morgan fingerprint density at radius 3 is 1.80 bits per heavy atom. The monoisotopic (exact) mass is 494 g/mol. The first-order chi connectivity index (χ1) is 16.2. The molecule has 0 radical (unpaired) electrons. The van der Waals surface area contributed by atoms with Crippen molar-refractivity contribution in [2.24, 2.45) is 17.6 Å². The summed E-state index contributed by atoms with van der Waals surface area (Å²) in [6.07, 6.45) is -0.958. The molecule has 0 aliphatic rings. The Kier molecular flexibility index (Phi) is 11.1. The van der Waals surface area contributed by atoms with Gasteiger partial charge in [-0.3, -0.25) is 19.2 Å². The van der Waals surface area contributed by atoms with E-state index in [9.17, 15) is 39.3 Å². The van der Waals surface area contributed by atoms with Gasteiger partial charge < -0.3 is 37.0 Å². The first kappa shape index (κ1) is 29.4. The molecule has 4 atom stereocenters. The number of nitrogens with two attached hydrogens (primary N) is 1. The lowest BCUT2D eigenvalue weighted by Gasteiger charge is -2.27. The Balaban J connectivity index is 3.01. The molecular formula is C23H34N4O8. The number of hydrogen-bond acceptors (Lipinski definition) is 7. The molecule has 35 heavy (non-hydrogen) atoms. The van der Waals surface area contributed by atoms with Crippen LogP contribution < -0.4 is 21.7 Å². The van der Waals surface area contributed by atoms with Crippen LogP contribution in [0.1, 0.15) is 39.7 Å². The van der Waals surface area contributed by atoms with E-state index in [2.05, 4.69) is 16.0 Å². The summed E-state index contributed by atoms with van der Waals surface area (Å²) < 4.78 is 0. The van der Waals surface area contributed by atoms with Gasteiger partial charge in [0.05, 0.1) is 12.5 Å². The Morgan fingerprint density at radius 2 is 1.34 bits per heavy atom. The van der Waals surface area contributed by atoms with Gasteiger partial charge in [0.2, 0.25) is 17.7 Å². The van der Waals surface area contributed by atoms with Crippen LogP contribution in [-0.2, 0) is 30.4 Å². The molecule has 0 aliphatic heterocycles. The van der Waals surface area contributed by atoms with Gasteiger partial charge in [-0.05, 0) is 29.5 Å². The third kappa shape index (κ3) is 9.61. The van der Waals surface area contributed by atoms with Crippen LogP contribution in [0.2, 0.25) is 0 Å². The molecule has 194 valence electrons. The smallest absolute Gasteiger partial charge is 0.326 e. The van der Waals surface area contributed by atoms with Crippen LogP contribution in [0.15, 0.2) is 24.3 Å². The zero-order valence-corrected chi connectivity index (χ0v) is 20.1. The molecule has 3 amide bonds. The number of carbonyl (C=O) groups is 5. The van der Waals surface area contributed by atoms with Crippen molar-refractivity contribution in [2.75, 3.05) is 0 Å². The lowest BCUT2D eigenvalue weighted by Crippen LogP contribution is -2.59. The zero-order valence-electron chi connectivity index (χ0n) is 20.1. The summed E-state index contributed by atoms with van der Waals surface area (Å²) in [5.74, 6) is -5.81. The predicted molar refractivity (Wildman–Crippen MR) is 125 cm³/mol. The summed E-state index contributed by atoms with van der Waals surface area (Å²) in [6, 6.07) is 0.659. The van der Waals surface area contributed by atoms with Crippen LogP contribution in [0.3, 0.4) is 0 Å². The number of nitrogens with one attached hydrogen (secondary N) is 3. The van der Waals surface area contributed by atoms with Crippen LogP contribution in [0.4, 0.5) is 0 Å². The summed E-state index contributed by atoms with van der Waals surface area (Å²) in [5.41, 5.74) is 6.32. The van der Waals surface area contributed by atoms with Gasteiger partial charge in [0.1, 0.15) is 23.9 Å². The van der Waals surface area contributed by atoms with Gasteiger partial charge in [0.25, 0.3) is 0 Å². The van der Waals surface area contributed by atoms with Crippen molar-refractivity contribution >= 4 is 29.7 Å². The maximum absolute atomic E-state index is 12.9. The van der Waals surface area contributed by atoms with Crippen molar-refractivity contribution in [2.45, 2.75) is 64.7 Å². The van der Waals surface area contributed by atoms with Crippen molar-refractivity contribution in [3.8, 4) is 5.75 Å². The number of hydrogen-bond donors (Lipinski definition) is 7. The van der Waals surface area contributed by atoms with Crippen LogP contribution in [0.25, 0.3) is 0 Å². The van der Waals surface area contributed by atoms with Crippen LogP contribution >= 0.6 is 0 Å². The number of phenols is 1. The van der Waals surface area contributed by atoms with Gasteiger partial charge >= 0.3 is 11.9 Å². The van der Waals surface area contributed by atoms with Crippen LogP contribution in [0.5, 0.6) is 5.75 Å². The van der Waals surface area contributed by atoms with Crippen molar-refractivity contribution in [3.05, 3.63) is 29.8 Å². The molecule has 0 heterocycles. The molecule has 1 rings (SSSR count). The molecule has 0 bridgehead atoms. The Bertz CT molecular complexity index is 917. The molecule has 0 saturated heterocycles. The van der Waals surface area contributed by atoms with Gasteiger partial charge in [-0.2, -0.15) is 0 Å². The van der Waals surface area contributed by atoms with Gasteiger partial charge in [-0.25, -0.2) is 4.79 Å². The quantitative estimate of drug-likeness (QED) is 0.190. The molecule has 0 aromatic heterocycles. The van der Waals surface area contributed by atoms with E-state index in [0.717, 1.165) is 0 Å². The van der Waals surface area contributed by atoms with Gasteiger partial charge in [-0.1, -0.05) is 39.8 Å². The molecule has 0 saturated carbocycles. The number of benzene rings is 1. The number of phenolic OH excluding ortho intramolecular Hbond substituents is 1. The summed E-state index contributed by atoms with van der Waals surface area (Å²) in [7, 11) is 0. The van der Waals surface area contributed by atoms with E-state index in [-0.39, 0.29) is 18.1 Å². The van der Waals surface area contributed by atoms with E-state index >= 15 is 0 Å². The average Bonchev–Trinajstić information content (AvgIpc) is 2.76. The second-order valence-electron chi connectivity index (χ2n) is 8.93. The van der Waals surface area contributed by atoms with E-state index in [1.54, 1.807) is 27.7 Å². The molecule has 0 fully saturated rings. The number of carboxylic acids is 2. The maximum atomic E-state index is 12.9. The molecule has 8 N–H and O–H groups in total. The molecular weight excluding hydrogens is 460 g/mol. The van der Waals surface area contributed by atoms with E-state index in [0.29, 0.717) is 5.56 Å². The van der Waals surface area contributed by atoms with Crippen molar-refractivity contribution in [1.29, 1.82) is 0 Å². The standard InChI is InChI=1S/C23H34N4O8/c1-11(2)18(24)21(32)27-19(12(3)4)22(33)25-15(10-17(29)30)20(31)26-16(23(34)35)9-13-5-7-14(28)8-6-13/h5-8,11-12,15-16,18-19,28H,9-10,24H2,1-4H3,(H,25,33)(H,26,31)(H,27,32)(H,29,30)(H,34,35). The maximum Gasteiger partial charge on any atom is 0.326 e. The highest BCUT2D eigenvalue weighted by molar-refractivity contribution is 5.95. The normalized spacial score (nSPS) is 14.5. The number of amides is 3. The number of carbonyl (C=O) groups excluding carboxylic acids is 3. The van der Waals surface area contributed by atoms with E-state index < -0.39 is 66.2 Å². The summed E-state index contributed by atoms with van der Waals surface area (Å²) in [5, 5.41) is 35.2. The summed E-state index contributed by atoms with van der Waals surface area (Å²) in [6.45, 7) is 6.77. The Labute approximate surface area is 203 Å². The minimum Gasteiger partial charge on any atom is -0.508 e. The fraction of sp³-hybridized carbons (Fsp3) is 0.522. The van der Waals surface area contributed by atoms with Crippen molar-refractivity contribution in [1.82, 2.24) is 16.0 Å². The minimum atomic E-state index is -1.60. The number of rotatable bonds is 13. The van der Waals surface area contributed by atoms with Crippen molar-refractivity contribution < 1.29 is 39.3 Å². The number of aromatic hydroxyl groups is 1. The van der Waals surface area contributed by atoms with Gasteiger partial charge in [-0.15, -0.1) is 0 Å². The molecule has 12 heteroatoms. The fourth-order valence-electron chi connectivity index (χ4n) is 3.07. The second kappa shape index (κ2) is 13.3. The van der Waals surface area contributed by atoms with E-state index in [1.165, 1.54) is 24.3 Å². The van der Waals surface area contributed by atoms with E-state index in [1.807, 2.05) is 0 Å². The third-order valence-electron chi connectivity index (χ3n) is 5.27. The first-order valence-electron chi connectivity index (χ1n) is 11.1. The topological polar surface area (TPSA) is 208 Å². The lowest BCUT2D eigenvalue weighted by molar-refractivity contribution is -0.143. The van der Waals surface area contributed by atoms with Gasteiger partial charge in [0.15, 0.2) is 0 Å². The SMILES string of the molecule is CC(C)C(N)C(=O)NC(C(=O)NC(CC(=O)O)C(=O)NC(Cc1ccc(O)cc1)C(=O)O)C(C)C. The average molecular weight is 495 g/mol. The van der Waals surface area contributed by atoms with Crippen LogP contribution in [0, 0.1) is 11.8 Å². The molecule has 0 aliphatic carbocycles. The third-order valence-corrected chi connectivity index (χ3v) is 5.27. The molecule has 0 spiro atoms. The van der Waals surface area contributed by atoms with Crippen LogP contribution in [-0.4, -0.2) is 69.1 Å². The largest absolute Gasteiger partial charge is 0.508 e. The highest BCUT2D eigenvalue weighted by atomic mass is 16.4. The van der Waals surface area contributed by atoms with Gasteiger partial charge in [0, 0.05) is 6.42 Å². The fourth-order valence-corrected chi connectivity index (χ4v) is 3.07. The lowest BCUT2D eigenvalue weighted by atomic mass is 9.99. The van der Waals surface area contributed by atoms with Crippen molar-refractivity contribution in [3.63, 3.8) is 0 Å². The first-order valence-corrected chi connectivity index (χ1v) is 11.1. The number of aliphatic carboxylic acids is 2. The van der Waals surface area contributed by atoms with E-state index in [4.69, 9.17) is 5.73 Å². The molecule has 1 aromatic carbocycles. The molecule has 12 nitrogen and oxygen atoms in total. The highest BCUT2D eigenvalue weighted by Gasteiger charge is 2.33. The second-order valence-corrected chi connectivity index (χ2v) is 8.93. The zero-order chi connectivity index (χ0) is 26.9. The molecule has 4 unspecified atom stereocenters. The summed E-state index contributed by atoms with van der Waals surface area (Å²) >= 11 is 0.